The molecule has 0 unspecified atom stereocenters. The molecule has 0 aliphatic carbocycles. The first-order valence-electron chi connectivity index (χ1n) is 9.54. The maximum Gasteiger partial charge on any atom is 0.340 e. The highest BCUT2D eigenvalue weighted by molar-refractivity contribution is 9.10. The topological polar surface area (TPSA) is 78.6 Å². The molecule has 0 amide bonds. The predicted molar refractivity (Wildman–Crippen MR) is 124 cm³/mol. The Hall–Kier alpha value is -2.91. The number of halogens is 1. The van der Waals surface area contributed by atoms with Gasteiger partial charge >= 0.3 is 5.97 Å². The number of methoxy groups -OCH3 is 1. The fraction of sp³-hybridized carbons (Fsp3) is 0.182. The first-order chi connectivity index (χ1) is 15.1. The van der Waals surface area contributed by atoms with E-state index < -0.39 is 5.97 Å². The van der Waals surface area contributed by atoms with Crippen molar-refractivity contribution in [1.82, 2.24) is 14.9 Å². The summed E-state index contributed by atoms with van der Waals surface area (Å²) in [6, 6.07) is 15.2. The zero-order chi connectivity index (χ0) is 21.8. The van der Waals surface area contributed by atoms with Crippen LogP contribution < -0.4 is 4.74 Å². The van der Waals surface area contributed by atoms with Crippen LogP contribution in [-0.4, -0.2) is 46.0 Å². The number of benzene rings is 2. The molecule has 0 fully saturated rings. The molecular weight excluding hydrogens is 480 g/mol. The molecule has 2 aromatic carbocycles. The lowest BCUT2D eigenvalue weighted by atomic mass is 10.1. The van der Waals surface area contributed by atoms with Crippen molar-refractivity contribution < 1.29 is 14.3 Å². The standard InChI is InChI=1S/C22H19BrN4O3S/c1-3-30-21(28)18(12-14-5-4-6-16(23)11-14)19-13-31-22-25-24-20(27(22)26-19)15-7-9-17(29-2)10-8-15/h4-12H,3,13H2,1-2H3. The number of thioether (sulfide) groups is 1. The second-order valence-electron chi connectivity index (χ2n) is 6.52. The largest absolute Gasteiger partial charge is 0.497 e. The second-order valence-corrected chi connectivity index (χ2v) is 8.37. The summed E-state index contributed by atoms with van der Waals surface area (Å²) >= 11 is 4.94. The van der Waals surface area contributed by atoms with Crippen LogP contribution in [0.15, 0.2) is 68.8 Å². The third-order valence-corrected chi connectivity index (χ3v) is 5.91. The number of aromatic nitrogens is 3. The van der Waals surface area contributed by atoms with Crippen LogP contribution in [0, 0.1) is 0 Å². The van der Waals surface area contributed by atoms with Crippen LogP contribution in [0.1, 0.15) is 12.5 Å². The van der Waals surface area contributed by atoms with E-state index in [4.69, 9.17) is 14.6 Å². The number of hydrogen-bond donors (Lipinski definition) is 0. The number of ether oxygens (including phenoxy) is 2. The number of carbonyl (C=O) groups excluding carboxylic acids is 1. The van der Waals surface area contributed by atoms with E-state index in [1.165, 1.54) is 11.8 Å². The Morgan fingerprint density at radius 3 is 2.74 bits per heavy atom. The van der Waals surface area contributed by atoms with E-state index in [1.807, 2.05) is 48.5 Å². The van der Waals surface area contributed by atoms with Gasteiger partial charge in [0.1, 0.15) is 5.75 Å². The van der Waals surface area contributed by atoms with Crippen LogP contribution in [-0.2, 0) is 9.53 Å². The van der Waals surface area contributed by atoms with Crippen molar-refractivity contribution in [3.63, 3.8) is 0 Å². The summed E-state index contributed by atoms with van der Waals surface area (Å²) in [4.78, 5) is 12.8. The molecule has 0 bridgehead atoms. The highest BCUT2D eigenvalue weighted by atomic mass is 79.9. The lowest BCUT2D eigenvalue weighted by Crippen LogP contribution is -2.21. The van der Waals surface area contributed by atoms with Crippen LogP contribution in [0.3, 0.4) is 0 Å². The first kappa shape index (κ1) is 21.3. The lowest BCUT2D eigenvalue weighted by Gasteiger charge is -2.16. The van der Waals surface area contributed by atoms with Crippen molar-refractivity contribution in [3.8, 4) is 17.1 Å². The number of esters is 1. The predicted octanol–water partition coefficient (Wildman–Crippen LogP) is 4.67. The van der Waals surface area contributed by atoms with Crippen molar-refractivity contribution in [1.29, 1.82) is 0 Å². The SMILES string of the molecule is CCOC(=O)C(=Cc1cccc(Br)c1)C1=Nn2c(nnc2-c2ccc(OC)cc2)SC1. The van der Waals surface area contributed by atoms with Gasteiger partial charge in [-0.3, -0.25) is 0 Å². The molecule has 9 heteroatoms. The molecule has 158 valence electrons. The van der Waals surface area contributed by atoms with Gasteiger partial charge < -0.3 is 9.47 Å². The van der Waals surface area contributed by atoms with E-state index in [0.29, 0.717) is 28.0 Å². The summed E-state index contributed by atoms with van der Waals surface area (Å²) in [5.74, 6) is 1.42. The second kappa shape index (κ2) is 9.49. The molecule has 1 aliphatic rings. The van der Waals surface area contributed by atoms with Gasteiger partial charge in [0.05, 0.1) is 25.0 Å². The van der Waals surface area contributed by atoms with Crippen LogP contribution >= 0.6 is 27.7 Å². The Morgan fingerprint density at radius 1 is 1.23 bits per heavy atom. The molecular formula is C22H19BrN4O3S. The molecule has 31 heavy (non-hydrogen) atoms. The fourth-order valence-electron chi connectivity index (χ4n) is 3.01. The van der Waals surface area contributed by atoms with E-state index in [1.54, 1.807) is 24.8 Å². The smallest absolute Gasteiger partial charge is 0.340 e. The van der Waals surface area contributed by atoms with Gasteiger partial charge in [-0.05, 0) is 55.0 Å². The third kappa shape index (κ3) is 4.72. The van der Waals surface area contributed by atoms with Crippen molar-refractivity contribution in [2.45, 2.75) is 12.1 Å². The minimum absolute atomic E-state index is 0.282. The highest BCUT2D eigenvalue weighted by Crippen LogP contribution is 2.30. The third-order valence-electron chi connectivity index (χ3n) is 4.48. The number of rotatable bonds is 6. The van der Waals surface area contributed by atoms with Gasteiger partial charge in [-0.2, -0.15) is 9.78 Å². The van der Waals surface area contributed by atoms with E-state index in [-0.39, 0.29) is 6.61 Å². The van der Waals surface area contributed by atoms with Crippen LogP contribution in [0.4, 0.5) is 0 Å². The number of carbonyl (C=O) groups is 1. The minimum atomic E-state index is -0.413. The van der Waals surface area contributed by atoms with Gasteiger partial charge in [0.15, 0.2) is 5.82 Å². The van der Waals surface area contributed by atoms with Gasteiger partial charge in [0.25, 0.3) is 0 Å². The van der Waals surface area contributed by atoms with Gasteiger partial charge in [0.2, 0.25) is 5.16 Å². The van der Waals surface area contributed by atoms with Gasteiger partial charge in [-0.1, -0.05) is 39.8 Å². The van der Waals surface area contributed by atoms with E-state index >= 15 is 0 Å². The van der Waals surface area contributed by atoms with Crippen molar-refractivity contribution in [3.05, 3.63) is 64.1 Å². The zero-order valence-corrected chi connectivity index (χ0v) is 19.3. The molecule has 0 saturated carbocycles. The maximum atomic E-state index is 12.8. The zero-order valence-electron chi connectivity index (χ0n) is 16.9. The summed E-state index contributed by atoms with van der Waals surface area (Å²) in [5, 5.41) is 13.9. The first-order valence-corrected chi connectivity index (χ1v) is 11.3. The van der Waals surface area contributed by atoms with Crippen LogP contribution in [0.2, 0.25) is 0 Å². The normalized spacial score (nSPS) is 13.4. The van der Waals surface area contributed by atoms with Gasteiger partial charge in [-0.25, -0.2) is 4.79 Å². The van der Waals surface area contributed by atoms with Crippen molar-refractivity contribution in [2.24, 2.45) is 5.10 Å². The fourth-order valence-corrected chi connectivity index (χ4v) is 4.26. The average molecular weight is 499 g/mol. The molecule has 7 nitrogen and oxygen atoms in total. The summed E-state index contributed by atoms with van der Waals surface area (Å²) in [6.45, 7) is 2.07. The summed E-state index contributed by atoms with van der Waals surface area (Å²) < 4.78 is 13.1. The van der Waals surface area contributed by atoms with Crippen molar-refractivity contribution in [2.75, 3.05) is 19.5 Å². The van der Waals surface area contributed by atoms with E-state index in [2.05, 4.69) is 26.1 Å². The quantitative estimate of drug-likeness (QED) is 0.362. The molecule has 0 spiro atoms. The monoisotopic (exact) mass is 498 g/mol. The Balaban J connectivity index is 1.76. The molecule has 1 aliphatic heterocycles. The van der Waals surface area contributed by atoms with Crippen LogP contribution in [0.25, 0.3) is 17.5 Å². The number of nitrogens with zero attached hydrogens (tertiary/aromatic N) is 4. The Morgan fingerprint density at radius 2 is 2.03 bits per heavy atom. The van der Waals surface area contributed by atoms with Gasteiger partial charge in [0, 0.05) is 15.8 Å². The lowest BCUT2D eigenvalue weighted by molar-refractivity contribution is -0.137. The van der Waals surface area contributed by atoms with Crippen LogP contribution in [0.5, 0.6) is 5.75 Å². The minimum Gasteiger partial charge on any atom is -0.497 e. The average Bonchev–Trinajstić information content (AvgIpc) is 3.21. The molecule has 0 atom stereocenters. The Labute approximate surface area is 192 Å². The molecule has 3 aromatic rings. The highest BCUT2D eigenvalue weighted by Gasteiger charge is 2.25. The number of hydrogen-bond acceptors (Lipinski definition) is 7. The Kier molecular flexibility index (Phi) is 6.53. The van der Waals surface area contributed by atoms with Gasteiger partial charge in [-0.15, -0.1) is 10.2 Å². The molecule has 0 radical (unpaired) electrons. The molecule has 0 N–H and O–H groups in total. The maximum absolute atomic E-state index is 12.8. The molecule has 4 rings (SSSR count). The summed E-state index contributed by atoms with van der Waals surface area (Å²) in [6.07, 6.45) is 1.80. The Bertz CT molecular complexity index is 1170. The summed E-state index contributed by atoms with van der Waals surface area (Å²) in [7, 11) is 1.62. The summed E-state index contributed by atoms with van der Waals surface area (Å²) in [5.41, 5.74) is 2.73. The molecule has 1 aromatic heterocycles. The molecule has 2 heterocycles. The van der Waals surface area contributed by atoms with E-state index in [0.717, 1.165) is 21.3 Å². The molecule has 0 saturated heterocycles. The van der Waals surface area contributed by atoms with E-state index in [9.17, 15) is 4.79 Å². The van der Waals surface area contributed by atoms with Crippen molar-refractivity contribution >= 4 is 45.4 Å². The number of fused-ring (bicyclic) bond motifs is 1.